The fourth-order valence-corrected chi connectivity index (χ4v) is 3.09. The van der Waals surface area contributed by atoms with Gasteiger partial charge in [-0.3, -0.25) is 0 Å². The first-order valence-corrected chi connectivity index (χ1v) is 7.25. The number of hydrogen-bond acceptors (Lipinski definition) is 2. The van der Waals surface area contributed by atoms with Crippen LogP contribution in [-0.2, 0) is 6.42 Å². The average molecular weight is 318 g/mol. The molecular weight excluding hydrogens is 302 g/mol. The predicted octanol–water partition coefficient (Wildman–Crippen LogP) is 4.56. The molecule has 1 aliphatic heterocycles. The van der Waals surface area contributed by atoms with Crippen LogP contribution in [0.25, 0.3) is 0 Å². The van der Waals surface area contributed by atoms with Crippen LogP contribution in [0.1, 0.15) is 23.6 Å². The summed E-state index contributed by atoms with van der Waals surface area (Å²) in [6.45, 7) is 0. The number of rotatable bonds is 2. The zero-order valence-corrected chi connectivity index (χ0v) is 12.4. The molecule has 1 heterocycles. The van der Waals surface area contributed by atoms with Crippen LogP contribution in [0.4, 0.5) is 5.69 Å². The first-order valence-electron chi connectivity index (χ1n) is 6.46. The fourth-order valence-electron chi connectivity index (χ4n) is 2.57. The number of methoxy groups -OCH3 is 1. The molecule has 2 aromatic rings. The van der Waals surface area contributed by atoms with Crippen LogP contribution in [0.2, 0.25) is 0 Å². The normalized spacial score (nSPS) is 17.5. The molecule has 3 heteroatoms. The molecule has 0 bridgehead atoms. The SMILES string of the molecule is COc1ccc(C2CCc3cccc(Br)c3N2)cc1. The Bertz CT molecular complexity index is 580. The Kier molecular flexibility index (Phi) is 3.47. The molecule has 1 N–H and O–H groups in total. The summed E-state index contributed by atoms with van der Waals surface area (Å²) in [7, 11) is 1.70. The van der Waals surface area contributed by atoms with E-state index in [1.54, 1.807) is 7.11 Å². The molecule has 0 amide bonds. The first kappa shape index (κ1) is 12.5. The zero-order valence-electron chi connectivity index (χ0n) is 10.8. The van der Waals surface area contributed by atoms with Crippen molar-refractivity contribution in [1.82, 2.24) is 0 Å². The molecule has 1 aliphatic rings. The molecular formula is C16H16BrNO. The van der Waals surface area contributed by atoms with Crippen LogP contribution < -0.4 is 10.1 Å². The van der Waals surface area contributed by atoms with Crippen molar-refractivity contribution in [3.05, 3.63) is 58.1 Å². The van der Waals surface area contributed by atoms with E-state index in [0.29, 0.717) is 6.04 Å². The minimum absolute atomic E-state index is 0.372. The second kappa shape index (κ2) is 5.25. The summed E-state index contributed by atoms with van der Waals surface area (Å²) in [5.74, 6) is 0.904. The summed E-state index contributed by atoms with van der Waals surface area (Å²) in [5, 5.41) is 3.63. The van der Waals surface area contributed by atoms with Gasteiger partial charge in [0.1, 0.15) is 5.75 Å². The van der Waals surface area contributed by atoms with Gasteiger partial charge in [-0.1, -0.05) is 24.3 Å². The molecule has 19 heavy (non-hydrogen) atoms. The van der Waals surface area contributed by atoms with Gasteiger partial charge < -0.3 is 10.1 Å². The third kappa shape index (κ3) is 2.47. The molecule has 0 fully saturated rings. The van der Waals surface area contributed by atoms with Gasteiger partial charge in [-0.2, -0.15) is 0 Å². The van der Waals surface area contributed by atoms with Gasteiger partial charge in [0.05, 0.1) is 18.8 Å². The quantitative estimate of drug-likeness (QED) is 0.876. The lowest BCUT2D eigenvalue weighted by Gasteiger charge is -2.28. The largest absolute Gasteiger partial charge is 0.497 e. The molecule has 0 radical (unpaired) electrons. The standard InChI is InChI=1S/C16H16BrNO/c1-19-13-8-5-11(6-9-13)15-10-7-12-3-2-4-14(17)16(12)18-15/h2-6,8-9,15,18H,7,10H2,1H3. The van der Waals surface area contributed by atoms with E-state index >= 15 is 0 Å². The van der Waals surface area contributed by atoms with Gasteiger partial charge in [0.25, 0.3) is 0 Å². The monoisotopic (exact) mass is 317 g/mol. The number of hydrogen-bond donors (Lipinski definition) is 1. The molecule has 0 saturated carbocycles. The maximum absolute atomic E-state index is 5.20. The molecule has 98 valence electrons. The molecule has 1 unspecified atom stereocenters. The highest BCUT2D eigenvalue weighted by atomic mass is 79.9. The van der Waals surface area contributed by atoms with Crippen molar-refractivity contribution in [1.29, 1.82) is 0 Å². The Morgan fingerprint density at radius 1 is 1.16 bits per heavy atom. The number of anilines is 1. The van der Waals surface area contributed by atoms with Gasteiger partial charge in [0.15, 0.2) is 0 Å². The summed E-state index contributed by atoms with van der Waals surface area (Å²) in [4.78, 5) is 0. The van der Waals surface area contributed by atoms with Crippen LogP contribution in [0.15, 0.2) is 46.9 Å². The second-order valence-corrected chi connectivity index (χ2v) is 5.64. The topological polar surface area (TPSA) is 21.3 Å². The third-order valence-electron chi connectivity index (χ3n) is 3.64. The highest BCUT2D eigenvalue weighted by Crippen LogP contribution is 2.37. The van der Waals surface area contributed by atoms with Crippen molar-refractivity contribution in [2.45, 2.75) is 18.9 Å². The summed E-state index contributed by atoms with van der Waals surface area (Å²) in [6.07, 6.45) is 2.23. The van der Waals surface area contributed by atoms with Crippen molar-refractivity contribution in [3.8, 4) is 5.75 Å². The zero-order chi connectivity index (χ0) is 13.2. The van der Waals surface area contributed by atoms with Gasteiger partial charge in [-0.25, -0.2) is 0 Å². The number of aryl methyl sites for hydroxylation is 1. The van der Waals surface area contributed by atoms with Crippen LogP contribution in [0, 0.1) is 0 Å². The molecule has 0 saturated heterocycles. The van der Waals surface area contributed by atoms with Crippen LogP contribution in [0.3, 0.4) is 0 Å². The molecule has 2 aromatic carbocycles. The Morgan fingerprint density at radius 3 is 2.68 bits per heavy atom. The van der Waals surface area contributed by atoms with Gasteiger partial charge in [-0.15, -0.1) is 0 Å². The van der Waals surface area contributed by atoms with E-state index in [2.05, 4.69) is 51.6 Å². The Hall–Kier alpha value is -1.48. The van der Waals surface area contributed by atoms with Gasteiger partial charge in [-0.05, 0) is 58.1 Å². The Balaban J connectivity index is 1.86. The Labute approximate surface area is 121 Å². The van der Waals surface area contributed by atoms with Crippen LogP contribution >= 0.6 is 15.9 Å². The lowest BCUT2D eigenvalue weighted by Crippen LogP contribution is -2.18. The lowest BCUT2D eigenvalue weighted by atomic mass is 9.93. The van der Waals surface area contributed by atoms with Crippen molar-refractivity contribution in [2.24, 2.45) is 0 Å². The van der Waals surface area contributed by atoms with Crippen LogP contribution in [-0.4, -0.2) is 7.11 Å². The highest BCUT2D eigenvalue weighted by Gasteiger charge is 2.20. The van der Waals surface area contributed by atoms with Gasteiger partial charge in [0, 0.05) is 4.47 Å². The minimum atomic E-state index is 0.372. The van der Waals surface area contributed by atoms with Crippen molar-refractivity contribution in [2.75, 3.05) is 12.4 Å². The summed E-state index contributed by atoms with van der Waals surface area (Å²) in [6, 6.07) is 15.1. The fraction of sp³-hybridized carbons (Fsp3) is 0.250. The molecule has 0 aliphatic carbocycles. The van der Waals surface area contributed by atoms with E-state index in [4.69, 9.17) is 4.74 Å². The molecule has 1 atom stereocenters. The highest BCUT2D eigenvalue weighted by molar-refractivity contribution is 9.10. The van der Waals surface area contributed by atoms with E-state index in [1.165, 1.54) is 16.8 Å². The smallest absolute Gasteiger partial charge is 0.118 e. The number of halogens is 1. The summed E-state index contributed by atoms with van der Waals surface area (Å²) in [5.41, 5.74) is 3.93. The number of ether oxygens (including phenoxy) is 1. The third-order valence-corrected chi connectivity index (χ3v) is 4.30. The van der Waals surface area contributed by atoms with Gasteiger partial charge >= 0.3 is 0 Å². The van der Waals surface area contributed by atoms with E-state index in [9.17, 15) is 0 Å². The first-order chi connectivity index (χ1) is 9.28. The van der Waals surface area contributed by atoms with E-state index in [-0.39, 0.29) is 0 Å². The molecule has 2 nitrogen and oxygen atoms in total. The summed E-state index contributed by atoms with van der Waals surface area (Å²) >= 11 is 3.62. The minimum Gasteiger partial charge on any atom is -0.497 e. The maximum atomic E-state index is 5.20. The Morgan fingerprint density at radius 2 is 1.95 bits per heavy atom. The molecule has 0 spiro atoms. The maximum Gasteiger partial charge on any atom is 0.118 e. The summed E-state index contributed by atoms with van der Waals surface area (Å²) < 4.78 is 6.35. The van der Waals surface area contributed by atoms with Crippen LogP contribution in [0.5, 0.6) is 5.75 Å². The number of fused-ring (bicyclic) bond motifs is 1. The molecule has 0 aromatic heterocycles. The number of benzene rings is 2. The average Bonchev–Trinajstić information content (AvgIpc) is 2.47. The number of para-hydroxylation sites is 1. The van der Waals surface area contributed by atoms with Crippen molar-refractivity contribution >= 4 is 21.6 Å². The van der Waals surface area contributed by atoms with E-state index in [1.807, 2.05) is 12.1 Å². The number of nitrogens with one attached hydrogen (secondary N) is 1. The molecule has 3 rings (SSSR count). The van der Waals surface area contributed by atoms with E-state index < -0.39 is 0 Å². The van der Waals surface area contributed by atoms with Gasteiger partial charge in [0.2, 0.25) is 0 Å². The predicted molar refractivity (Wildman–Crippen MR) is 81.8 cm³/mol. The lowest BCUT2D eigenvalue weighted by molar-refractivity contribution is 0.414. The van der Waals surface area contributed by atoms with Crippen molar-refractivity contribution < 1.29 is 4.74 Å². The van der Waals surface area contributed by atoms with Crippen molar-refractivity contribution in [3.63, 3.8) is 0 Å². The van der Waals surface area contributed by atoms with E-state index in [0.717, 1.165) is 23.1 Å². The second-order valence-electron chi connectivity index (χ2n) is 4.78.